The summed E-state index contributed by atoms with van der Waals surface area (Å²) in [5, 5.41) is 0. The van der Waals surface area contributed by atoms with E-state index in [0.717, 1.165) is 6.42 Å². The second-order valence-electron chi connectivity index (χ2n) is 3.33. The van der Waals surface area contributed by atoms with Crippen LogP contribution in [0.25, 0.3) is 0 Å². The molecule has 1 rings (SSSR count). The van der Waals surface area contributed by atoms with Gasteiger partial charge in [-0.2, -0.15) is 0 Å². The summed E-state index contributed by atoms with van der Waals surface area (Å²) in [4.78, 5) is 12.5. The van der Waals surface area contributed by atoms with Crippen molar-refractivity contribution in [2.24, 2.45) is 0 Å². The number of methoxy groups -OCH3 is 1. The van der Waals surface area contributed by atoms with Crippen molar-refractivity contribution in [1.29, 1.82) is 0 Å². The summed E-state index contributed by atoms with van der Waals surface area (Å²) in [6.45, 7) is 2.92. The second-order valence-corrected chi connectivity index (χ2v) is 5.04. The van der Waals surface area contributed by atoms with E-state index in [2.05, 4.69) is 0 Å². The largest absolute Gasteiger partial charge is 0.385 e. The second kappa shape index (κ2) is 7.01. The number of hydrogen-bond acceptors (Lipinski definition) is 4. The molecule has 0 aliphatic heterocycles. The van der Waals surface area contributed by atoms with Crippen LogP contribution in [0.1, 0.15) is 23.0 Å². The van der Waals surface area contributed by atoms with Crippen molar-refractivity contribution in [3.05, 3.63) is 21.3 Å². The van der Waals surface area contributed by atoms with Gasteiger partial charge in [0.2, 0.25) is 5.78 Å². The molecule has 5 heteroatoms. The van der Waals surface area contributed by atoms with Crippen molar-refractivity contribution >= 4 is 28.7 Å². The van der Waals surface area contributed by atoms with E-state index in [1.54, 1.807) is 26.2 Å². The third-order valence-corrected chi connectivity index (χ3v) is 3.29. The number of thiophene rings is 1. The van der Waals surface area contributed by atoms with E-state index in [4.69, 9.17) is 21.1 Å². The molecule has 0 fully saturated rings. The van der Waals surface area contributed by atoms with Crippen LogP contribution >= 0.6 is 22.9 Å². The molecule has 0 amide bonds. The third-order valence-electron chi connectivity index (χ3n) is 2.05. The monoisotopic (exact) mass is 262 g/mol. The highest BCUT2D eigenvalue weighted by Crippen LogP contribution is 2.23. The Bertz CT molecular complexity index is 338. The van der Waals surface area contributed by atoms with Crippen molar-refractivity contribution in [3.63, 3.8) is 0 Å². The predicted octanol–water partition coefficient (Wildman–Crippen LogP) is 3.03. The van der Waals surface area contributed by atoms with Crippen molar-refractivity contribution < 1.29 is 14.3 Å². The van der Waals surface area contributed by atoms with Gasteiger partial charge in [-0.25, -0.2) is 0 Å². The van der Waals surface area contributed by atoms with Gasteiger partial charge in [-0.3, -0.25) is 4.79 Å². The summed E-state index contributed by atoms with van der Waals surface area (Å²) in [6, 6.07) is 3.45. The molecule has 0 radical (unpaired) electrons. The summed E-state index contributed by atoms with van der Waals surface area (Å²) in [5.74, 6) is -0.0192. The highest BCUT2D eigenvalue weighted by Gasteiger charge is 2.17. The fourth-order valence-electron chi connectivity index (χ4n) is 1.19. The lowest BCUT2D eigenvalue weighted by molar-refractivity contribution is 0.0408. The Hall–Kier alpha value is -0.420. The van der Waals surface area contributed by atoms with Crippen LogP contribution in [0.4, 0.5) is 0 Å². The smallest absolute Gasteiger partial charge is 0.201 e. The molecule has 0 saturated heterocycles. The fraction of sp³-hybridized carbons (Fsp3) is 0.545. The highest BCUT2D eigenvalue weighted by molar-refractivity contribution is 7.18. The molecule has 90 valence electrons. The van der Waals surface area contributed by atoms with Gasteiger partial charge in [0.25, 0.3) is 0 Å². The molecular weight excluding hydrogens is 248 g/mol. The fourth-order valence-corrected chi connectivity index (χ4v) is 2.25. The molecule has 1 atom stereocenters. The Morgan fingerprint density at radius 3 is 2.81 bits per heavy atom. The molecular formula is C11H15ClO3S. The molecule has 0 spiro atoms. The van der Waals surface area contributed by atoms with Gasteiger partial charge in [0.1, 0.15) is 6.10 Å². The summed E-state index contributed by atoms with van der Waals surface area (Å²) in [6.07, 6.45) is 0.367. The SMILES string of the molecule is COCCCOC(C)C(=O)c1ccc(Cl)s1. The summed E-state index contributed by atoms with van der Waals surface area (Å²) in [5.41, 5.74) is 0. The molecule has 3 nitrogen and oxygen atoms in total. The van der Waals surface area contributed by atoms with E-state index in [1.807, 2.05) is 0 Å². The number of Topliss-reactive ketones (excluding diaryl/α,β-unsaturated/α-hetero) is 1. The van der Waals surface area contributed by atoms with E-state index in [-0.39, 0.29) is 5.78 Å². The van der Waals surface area contributed by atoms with Crippen LogP contribution in [-0.4, -0.2) is 32.2 Å². The molecule has 0 aliphatic carbocycles. The van der Waals surface area contributed by atoms with Crippen molar-refractivity contribution in [2.75, 3.05) is 20.3 Å². The van der Waals surface area contributed by atoms with E-state index in [0.29, 0.717) is 22.4 Å². The van der Waals surface area contributed by atoms with Crippen molar-refractivity contribution in [1.82, 2.24) is 0 Å². The van der Waals surface area contributed by atoms with Crippen molar-refractivity contribution in [2.45, 2.75) is 19.4 Å². The van der Waals surface area contributed by atoms with Crippen LogP contribution in [0.3, 0.4) is 0 Å². The molecule has 16 heavy (non-hydrogen) atoms. The van der Waals surface area contributed by atoms with Crippen LogP contribution in [-0.2, 0) is 9.47 Å². The topological polar surface area (TPSA) is 35.5 Å². The highest BCUT2D eigenvalue weighted by atomic mass is 35.5. The van der Waals surface area contributed by atoms with Gasteiger partial charge >= 0.3 is 0 Å². The van der Waals surface area contributed by atoms with Gasteiger partial charge < -0.3 is 9.47 Å². The lowest BCUT2D eigenvalue weighted by atomic mass is 10.2. The number of rotatable bonds is 7. The van der Waals surface area contributed by atoms with Gasteiger partial charge in [-0.05, 0) is 25.5 Å². The number of hydrogen-bond donors (Lipinski definition) is 0. The first-order valence-electron chi connectivity index (χ1n) is 5.05. The molecule has 0 aliphatic rings. The van der Waals surface area contributed by atoms with Gasteiger partial charge in [0, 0.05) is 20.3 Å². The summed E-state index contributed by atoms with van der Waals surface area (Å²) < 4.78 is 10.9. The molecule has 1 aromatic rings. The Balaban J connectivity index is 2.36. The molecule has 1 aromatic heterocycles. The van der Waals surface area contributed by atoms with Crippen LogP contribution in [0.2, 0.25) is 4.34 Å². The first-order chi connectivity index (χ1) is 7.65. The Labute approximate surface area is 104 Å². The number of carbonyl (C=O) groups excluding carboxylic acids is 1. The van der Waals surface area contributed by atoms with Crippen LogP contribution in [0.5, 0.6) is 0 Å². The maximum atomic E-state index is 11.8. The van der Waals surface area contributed by atoms with Crippen LogP contribution in [0, 0.1) is 0 Å². The maximum Gasteiger partial charge on any atom is 0.201 e. The van der Waals surface area contributed by atoms with E-state index in [1.165, 1.54) is 11.3 Å². The zero-order valence-corrected chi connectivity index (χ0v) is 10.9. The number of ether oxygens (including phenoxy) is 2. The predicted molar refractivity (Wildman–Crippen MR) is 65.6 cm³/mol. The molecule has 1 heterocycles. The van der Waals surface area contributed by atoms with Gasteiger partial charge in [-0.1, -0.05) is 11.6 Å². The van der Waals surface area contributed by atoms with E-state index in [9.17, 15) is 4.79 Å². The Morgan fingerprint density at radius 1 is 1.50 bits per heavy atom. The number of ketones is 1. The first kappa shape index (κ1) is 13.6. The van der Waals surface area contributed by atoms with E-state index >= 15 is 0 Å². The standard InChI is InChI=1S/C11H15ClO3S/c1-8(15-7-3-6-14-2)11(13)9-4-5-10(12)16-9/h4-5,8H,3,6-7H2,1-2H3. The van der Waals surface area contributed by atoms with Gasteiger partial charge in [0.15, 0.2) is 0 Å². The summed E-state index contributed by atoms with van der Waals surface area (Å²) in [7, 11) is 1.64. The van der Waals surface area contributed by atoms with Crippen molar-refractivity contribution in [3.8, 4) is 0 Å². The Morgan fingerprint density at radius 2 is 2.25 bits per heavy atom. The van der Waals surface area contributed by atoms with Gasteiger partial charge in [-0.15, -0.1) is 11.3 Å². The molecule has 0 saturated carbocycles. The average Bonchev–Trinajstić information content (AvgIpc) is 2.70. The lowest BCUT2D eigenvalue weighted by Crippen LogP contribution is -2.20. The zero-order chi connectivity index (χ0) is 12.0. The van der Waals surface area contributed by atoms with E-state index < -0.39 is 6.10 Å². The van der Waals surface area contributed by atoms with Gasteiger partial charge in [0.05, 0.1) is 9.21 Å². The molecule has 0 bridgehead atoms. The average molecular weight is 263 g/mol. The maximum absolute atomic E-state index is 11.8. The molecule has 1 unspecified atom stereocenters. The first-order valence-corrected chi connectivity index (χ1v) is 6.24. The molecule has 0 aromatic carbocycles. The van der Waals surface area contributed by atoms with Crippen LogP contribution in [0.15, 0.2) is 12.1 Å². The minimum atomic E-state index is -0.424. The number of halogens is 1. The quantitative estimate of drug-likeness (QED) is 0.560. The van der Waals surface area contributed by atoms with Crippen LogP contribution < -0.4 is 0 Å². The zero-order valence-electron chi connectivity index (χ0n) is 9.36. The minimum absolute atomic E-state index is 0.0192. The number of carbonyl (C=O) groups is 1. The minimum Gasteiger partial charge on any atom is -0.385 e. The third kappa shape index (κ3) is 4.22. The Kier molecular flexibility index (Phi) is 5.98. The normalized spacial score (nSPS) is 12.7. The molecule has 0 N–H and O–H groups in total. The summed E-state index contributed by atoms with van der Waals surface area (Å²) >= 11 is 7.04. The lowest BCUT2D eigenvalue weighted by Gasteiger charge is -2.10.